The molecule has 20 heavy (non-hydrogen) atoms. The van der Waals surface area contributed by atoms with E-state index in [1.165, 1.54) is 0 Å². The van der Waals surface area contributed by atoms with Gasteiger partial charge in [0, 0.05) is 6.54 Å². The second-order valence-electron chi connectivity index (χ2n) is 3.98. The van der Waals surface area contributed by atoms with Crippen LogP contribution in [0.2, 0.25) is 0 Å². The molecule has 6 nitrogen and oxygen atoms in total. The van der Waals surface area contributed by atoms with Crippen molar-refractivity contribution in [1.29, 1.82) is 0 Å². The third kappa shape index (κ3) is 3.50. The normalized spacial score (nSPS) is 9.95. The summed E-state index contributed by atoms with van der Waals surface area (Å²) in [6, 6.07) is 9.39. The van der Waals surface area contributed by atoms with Gasteiger partial charge in [-0.2, -0.15) is 9.97 Å². The molecule has 6 heteroatoms. The average molecular weight is 275 g/mol. The quantitative estimate of drug-likeness (QED) is 0.871. The fourth-order valence-corrected chi connectivity index (χ4v) is 1.66. The molecule has 0 bridgehead atoms. The molecule has 0 aliphatic heterocycles. The first-order valence-corrected chi connectivity index (χ1v) is 6.09. The summed E-state index contributed by atoms with van der Waals surface area (Å²) in [5.41, 5.74) is 1.06. The van der Waals surface area contributed by atoms with Crippen molar-refractivity contribution in [3.8, 4) is 17.5 Å². The predicted molar refractivity (Wildman–Crippen MR) is 75.5 cm³/mol. The molecule has 1 aromatic carbocycles. The molecule has 0 atom stereocenters. The Morgan fingerprint density at radius 3 is 2.25 bits per heavy atom. The van der Waals surface area contributed by atoms with Crippen molar-refractivity contribution in [1.82, 2.24) is 9.97 Å². The molecule has 0 radical (unpaired) electrons. The van der Waals surface area contributed by atoms with Gasteiger partial charge >= 0.3 is 0 Å². The fourth-order valence-electron chi connectivity index (χ4n) is 1.66. The number of hydrogen-bond acceptors (Lipinski definition) is 6. The third-order valence-electron chi connectivity index (χ3n) is 2.68. The number of anilines is 1. The van der Waals surface area contributed by atoms with Gasteiger partial charge in [-0.3, -0.25) is 0 Å². The fraction of sp³-hybridized carbons (Fsp3) is 0.286. The maximum absolute atomic E-state index is 5.18. The Bertz CT molecular complexity index is 553. The van der Waals surface area contributed by atoms with E-state index in [0.29, 0.717) is 24.3 Å². The van der Waals surface area contributed by atoms with Crippen molar-refractivity contribution in [3.63, 3.8) is 0 Å². The first-order valence-electron chi connectivity index (χ1n) is 6.09. The molecule has 1 N–H and O–H groups in total. The Kier molecular flexibility index (Phi) is 4.60. The molecule has 0 aliphatic rings. The van der Waals surface area contributed by atoms with Crippen LogP contribution in [0.1, 0.15) is 5.56 Å². The molecule has 2 aromatic rings. The molecular formula is C14H17N3O3. The van der Waals surface area contributed by atoms with Crippen LogP contribution in [0.3, 0.4) is 0 Å². The van der Waals surface area contributed by atoms with E-state index in [1.54, 1.807) is 27.4 Å². The highest BCUT2D eigenvalue weighted by Gasteiger charge is 2.05. The number of aromatic nitrogens is 2. The third-order valence-corrected chi connectivity index (χ3v) is 2.68. The van der Waals surface area contributed by atoms with Crippen LogP contribution in [0.4, 0.5) is 5.95 Å². The topological polar surface area (TPSA) is 65.5 Å². The number of hydrogen-bond donors (Lipinski definition) is 1. The van der Waals surface area contributed by atoms with Crippen molar-refractivity contribution in [3.05, 3.63) is 35.9 Å². The van der Waals surface area contributed by atoms with E-state index in [1.807, 2.05) is 24.3 Å². The first-order chi connectivity index (χ1) is 9.75. The second-order valence-corrected chi connectivity index (χ2v) is 3.98. The van der Waals surface area contributed by atoms with Crippen molar-refractivity contribution in [2.75, 3.05) is 26.6 Å². The van der Waals surface area contributed by atoms with E-state index in [0.717, 1.165) is 11.3 Å². The van der Waals surface area contributed by atoms with E-state index < -0.39 is 0 Å². The first kappa shape index (κ1) is 13.9. The summed E-state index contributed by atoms with van der Waals surface area (Å²) in [6.07, 6.45) is 0. The van der Waals surface area contributed by atoms with Crippen LogP contribution >= 0.6 is 0 Å². The average Bonchev–Trinajstić information content (AvgIpc) is 2.52. The minimum absolute atomic E-state index is 0.448. The Morgan fingerprint density at radius 1 is 0.950 bits per heavy atom. The summed E-state index contributed by atoms with van der Waals surface area (Å²) in [6.45, 7) is 0.577. The molecule has 1 aromatic heterocycles. The number of nitrogens with one attached hydrogen (secondary N) is 1. The van der Waals surface area contributed by atoms with Gasteiger partial charge in [0.05, 0.1) is 27.4 Å². The minimum atomic E-state index is 0.448. The van der Waals surface area contributed by atoms with E-state index >= 15 is 0 Å². The molecule has 0 spiro atoms. The SMILES string of the molecule is COc1cccc(CNc2nc(OC)cc(OC)n2)c1. The zero-order chi connectivity index (χ0) is 14.4. The highest BCUT2D eigenvalue weighted by Crippen LogP contribution is 2.18. The maximum Gasteiger partial charge on any atom is 0.229 e. The Labute approximate surface area is 117 Å². The number of nitrogens with zero attached hydrogens (tertiary/aromatic N) is 2. The number of rotatable bonds is 6. The lowest BCUT2D eigenvalue weighted by atomic mass is 10.2. The molecule has 0 saturated carbocycles. The van der Waals surface area contributed by atoms with Crippen LogP contribution in [0, 0.1) is 0 Å². The lowest BCUT2D eigenvalue weighted by Gasteiger charge is -2.09. The molecule has 106 valence electrons. The molecule has 0 aliphatic carbocycles. The largest absolute Gasteiger partial charge is 0.497 e. The molecule has 0 fully saturated rings. The van der Waals surface area contributed by atoms with Gasteiger partial charge in [-0.1, -0.05) is 12.1 Å². The van der Waals surface area contributed by atoms with Crippen LogP contribution < -0.4 is 19.5 Å². The summed E-state index contributed by atoms with van der Waals surface area (Å²) in [5.74, 6) is 2.16. The highest BCUT2D eigenvalue weighted by atomic mass is 16.5. The highest BCUT2D eigenvalue weighted by molar-refractivity contribution is 5.36. The van der Waals surface area contributed by atoms with E-state index in [4.69, 9.17) is 14.2 Å². The molecule has 2 rings (SSSR count). The van der Waals surface area contributed by atoms with Crippen molar-refractivity contribution in [2.24, 2.45) is 0 Å². The van der Waals surface area contributed by atoms with Gasteiger partial charge in [-0.25, -0.2) is 0 Å². The van der Waals surface area contributed by atoms with Crippen LogP contribution in [0.15, 0.2) is 30.3 Å². The zero-order valence-electron chi connectivity index (χ0n) is 11.7. The summed E-state index contributed by atoms with van der Waals surface area (Å²) in [7, 11) is 4.74. The van der Waals surface area contributed by atoms with E-state index in [2.05, 4.69) is 15.3 Å². The molecule has 0 unspecified atom stereocenters. The molecule has 0 amide bonds. The van der Waals surface area contributed by atoms with Crippen LogP contribution in [0.25, 0.3) is 0 Å². The summed E-state index contributed by atoms with van der Waals surface area (Å²) >= 11 is 0. The molecular weight excluding hydrogens is 258 g/mol. The van der Waals surface area contributed by atoms with Gasteiger partial charge in [-0.05, 0) is 17.7 Å². The molecule has 0 saturated heterocycles. The van der Waals surface area contributed by atoms with Gasteiger partial charge in [0.25, 0.3) is 0 Å². The van der Waals surface area contributed by atoms with Gasteiger partial charge in [0.1, 0.15) is 5.75 Å². The van der Waals surface area contributed by atoms with Crippen LogP contribution in [-0.2, 0) is 6.54 Å². The van der Waals surface area contributed by atoms with Gasteiger partial charge < -0.3 is 19.5 Å². The van der Waals surface area contributed by atoms with Gasteiger partial charge in [0.15, 0.2) is 0 Å². The Hall–Kier alpha value is -2.50. The predicted octanol–water partition coefficient (Wildman–Crippen LogP) is 2.11. The van der Waals surface area contributed by atoms with E-state index in [9.17, 15) is 0 Å². The van der Waals surface area contributed by atoms with Crippen LogP contribution in [0.5, 0.6) is 17.5 Å². The summed E-state index contributed by atoms with van der Waals surface area (Å²) < 4.78 is 15.4. The van der Waals surface area contributed by atoms with Gasteiger partial charge in [-0.15, -0.1) is 0 Å². The van der Waals surface area contributed by atoms with E-state index in [-0.39, 0.29) is 0 Å². The van der Waals surface area contributed by atoms with Gasteiger partial charge in [0.2, 0.25) is 17.7 Å². The number of methoxy groups -OCH3 is 3. The Morgan fingerprint density at radius 2 is 1.65 bits per heavy atom. The smallest absolute Gasteiger partial charge is 0.229 e. The van der Waals surface area contributed by atoms with Crippen molar-refractivity contribution >= 4 is 5.95 Å². The second kappa shape index (κ2) is 6.60. The standard InChI is InChI=1S/C14H17N3O3/c1-18-11-6-4-5-10(7-11)9-15-14-16-12(19-2)8-13(17-14)20-3/h4-8H,9H2,1-3H3,(H,15,16,17). The lowest BCUT2D eigenvalue weighted by Crippen LogP contribution is -2.05. The summed E-state index contributed by atoms with van der Waals surface area (Å²) in [5, 5.41) is 3.12. The van der Waals surface area contributed by atoms with Crippen molar-refractivity contribution in [2.45, 2.75) is 6.54 Å². The minimum Gasteiger partial charge on any atom is -0.497 e. The lowest BCUT2D eigenvalue weighted by molar-refractivity contribution is 0.373. The summed E-state index contributed by atoms with van der Waals surface area (Å²) in [4.78, 5) is 8.40. The number of ether oxygens (including phenoxy) is 3. The maximum atomic E-state index is 5.18. The van der Waals surface area contributed by atoms with Crippen molar-refractivity contribution < 1.29 is 14.2 Å². The molecule has 1 heterocycles. The van der Waals surface area contributed by atoms with Crippen LogP contribution in [-0.4, -0.2) is 31.3 Å². The Balaban J connectivity index is 2.09. The monoisotopic (exact) mass is 275 g/mol. The zero-order valence-corrected chi connectivity index (χ0v) is 11.7. The number of benzene rings is 1.